The number of carbonyl (C=O) groups excluding carboxylic acids is 2. The van der Waals surface area contributed by atoms with Crippen molar-refractivity contribution < 1.29 is 9.59 Å². The van der Waals surface area contributed by atoms with E-state index in [0.717, 1.165) is 36.1 Å². The Bertz CT molecular complexity index is 997. The van der Waals surface area contributed by atoms with Crippen LogP contribution in [0.3, 0.4) is 0 Å². The molecule has 0 unspecified atom stereocenters. The lowest BCUT2D eigenvalue weighted by atomic mass is 10.1. The van der Waals surface area contributed by atoms with Gasteiger partial charge in [0.2, 0.25) is 0 Å². The Hall–Kier alpha value is -2.93. The predicted molar refractivity (Wildman–Crippen MR) is 112 cm³/mol. The topological polar surface area (TPSA) is 68.1 Å². The number of benzene rings is 2. The van der Waals surface area contributed by atoms with Crippen LogP contribution in [0, 0.1) is 6.92 Å². The number of aromatic nitrogens is 3. The molecule has 29 heavy (non-hydrogen) atoms. The molecule has 1 aliphatic heterocycles. The highest BCUT2D eigenvalue weighted by Crippen LogP contribution is 2.24. The van der Waals surface area contributed by atoms with E-state index in [2.05, 4.69) is 26.9 Å². The number of thioether (sulfide) groups is 1. The van der Waals surface area contributed by atoms with Gasteiger partial charge in [0.15, 0.2) is 5.16 Å². The third-order valence-electron chi connectivity index (χ3n) is 4.97. The van der Waals surface area contributed by atoms with Crippen molar-refractivity contribution in [2.45, 2.75) is 31.5 Å². The van der Waals surface area contributed by atoms with Crippen LogP contribution in [0.2, 0.25) is 0 Å². The van der Waals surface area contributed by atoms with Gasteiger partial charge in [-0.15, -0.1) is 10.2 Å². The molecule has 0 bridgehead atoms. The van der Waals surface area contributed by atoms with Gasteiger partial charge < -0.3 is 4.57 Å². The van der Waals surface area contributed by atoms with Gasteiger partial charge in [0, 0.05) is 12.3 Å². The molecular formula is C22H22N4O2S. The van der Waals surface area contributed by atoms with Crippen LogP contribution in [0.1, 0.15) is 44.9 Å². The van der Waals surface area contributed by atoms with E-state index in [1.54, 1.807) is 36.0 Å². The minimum absolute atomic E-state index is 0.184. The molecule has 3 aromatic rings. The molecule has 0 atom stereocenters. The van der Waals surface area contributed by atoms with Crippen LogP contribution in [0.5, 0.6) is 0 Å². The molecule has 7 heteroatoms. The van der Waals surface area contributed by atoms with Gasteiger partial charge in [0.05, 0.1) is 17.7 Å². The van der Waals surface area contributed by atoms with E-state index in [1.807, 2.05) is 25.1 Å². The Kier molecular flexibility index (Phi) is 5.76. The van der Waals surface area contributed by atoms with E-state index in [4.69, 9.17) is 0 Å². The van der Waals surface area contributed by atoms with Crippen molar-refractivity contribution in [1.29, 1.82) is 0 Å². The summed E-state index contributed by atoms with van der Waals surface area (Å²) < 4.78 is 2.12. The van der Waals surface area contributed by atoms with Crippen molar-refractivity contribution in [2.75, 3.05) is 12.3 Å². The van der Waals surface area contributed by atoms with Gasteiger partial charge in [-0.1, -0.05) is 54.2 Å². The average molecular weight is 407 g/mol. The van der Waals surface area contributed by atoms with Gasteiger partial charge in [-0.25, -0.2) is 0 Å². The van der Waals surface area contributed by atoms with E-state index in [-0.39, 0.29) is 11.8 Å². The second-order valence-electron chi connectivity index (χ2n) is 6.96. The summed E-state index contributed by atoms with van der Waals surface area (Å²) in [5.41, 5.74) is 2.23. The van der Waals surface area contributed by atoms with E-state index in [0.29, 0.717) is 17.7 Å². The molecule has 2 heterocycles. The Balaban J connectivity index is 1.28. The number of rotatable bonds is 8. The summed E-state index contributed by atoms with van der Waals surface area (Å²) in [4.78, 5) is 26.1. The Morgan fingerprint density at radius 2 is 1.52 bits per heavy atom. The number of amides is 2. The summed E-state index contributed by atoms with van der Waals surface area (Å²) in [6.45, 7) is 3.15. The third-order valence-corrected chi connectivity index (χ3v) is 6.02. The van der Waals surface area contributed by atoms with Gasteiger partial charge in [0.1, 0.15) is 5.82 Å². The molecule has 0 spiro atoms. The summed E-state index contributed by atoms with van der Waals surface area (Å²) in [6, 6.07) is 17.3. The molecular weight excluding hydrogens is 384 g/mol. The number of imide groups is 1. The minimum atomic E-state index is -0.184. The molecule has 0 saturated heterocycles. The van der Waals surface area contributed by atoms with E-state index in [1.165, 1.54) is 10.5 Å². The first-order chi connectivity index (χ1) is 14.1. The van der Waals surface area contributed by atoms with Crippen molar-refractivity contribution >= 4 is 23.6 Å². The van der Waals surface area contributed by atoms with Crippen LogP contribution in [-0.4, -0.2) is 43.8 Å². The van der Waals surface area contributed by atoms with E-state index in [9.17, 15) is 9.59 Å². The Morgan fingerprint density at radius 1 is 0.862 bits per heavy atom. The molecule has 4 rings (SSSR count). The number of carbonyl (C=O) groups is 2. The minimum Gasteiger partial charge on any atom is -0.302 e. The second kappa shape index (κ2) is 8.61. The van der Waals surface area contributed by atoms with Gasteiger partial charge >= 0.3 is 0 Å². The van der Waals surface area contributed by atoms with E-state index >= 15 is 0 Å². The zero-order valence-corrected chi connectivity index (χ0v) is 17.1. The number of hydrogen-bond donors (Lipinski definition) is 0. The smallest absolute Gasteiger partial charge is 0.261 e. The molecule has 2 aromatic carbocycles. The van der Waals surface area contributed by atoms with Gasteiger partial charge in [0.25, 0.3) is 11.8 Å². The molecule has 2 amide bonds. The van der Waals surface area contributed by atoms with Crippen LogP contribution < -0.4 is 0 Å². The molecule has 0 N–H and O–H groups in total. The van der Waals surface area contributed by atoms with Gasteiger partial charge in [-0.2, -0.15) is 0 Å². The standard InChI is InChI=1S/C22H22N4O2S/c1-16-23-24-22(26(16)15-17-9-3-2-4-10-17)29-14-8-7-13-25-20(27)18-11-5-6-12-19(18)21(25)28/h2-6,9-12H,7-8,13-15H2,1H3. The fourth-order valence-corrected chi connectivity index (χ4v) is 4.38. The third kappa shape index (κ3) is 4.10. The zero-order valence-electron chi connectivity index (χ0n) is 16.2. The number of hydrogen-bond acceptors (Lipinski definition) is 5. The van der Waals surface area contributed by atoms with Crippen LogP contribution in [0.15, 0.2) is 59.8 Å². The van der Waals surface area contributed by atoms with Crippen molar-refractivity contribution in [1.82, 2.24) is 19.7 Å². The Morgan fingerprint density at radius 3 is 2.21 bits per heavy atom. The molecule has 0 aliphatic carbocycles. The first kappa shape index (κ1) is 19.4. The largest absolute Gasteiger partial charge is 0.302 e. The van der Waals surface area contributed by atoms with Crippen LogP contribution in [-0.2, 0) is 6.54 Å². The van der Waals surface area contributed by atoms with Crippen LogP contribution >= 0.6 is 11.8 Å². The fourth-order valence-electron chi connectivity index (χ4n) is 3.39. The van der Waals surface area contributed by atoms with Crippen molar-refractivity contribution in [3.8, 4) is 0 Å². The Labute approximate surface area is 173 Å². The average Bonchev–Trinajstić information content (AvgIpc) is 3.21. The summed E-state index contributed by atoms with van der Waals surface area (Å²) in [7, 11) is 0. The SMILES string of the molecule is Cc1nnc(SCCCCN2C(=O)c3ccccc3C2=O)n1Cc1ccccc1. The van der Waals surface area contributed by atoms with Crippen molar-refractivity contribution in [3.63, 3.8) is 0 Å². The van der Waals surface area contributed by atoms with E-state index < -0.39 is 0 Å². The van der Waals surface area contributed by atoms with Gasteiger partial charge in [-0.3, -0.25) is 14.5 Å². The predicted octanol–water partition coefficient (Wildman–Crippen LogP) is 3.80. The quantitative estimate of drug-likeness (QED) is 0.323. The lowest BCUT2D eigenvalue weighted by molar-refractivity contribution is 0.0652. The highest BCUT2D eigenvalue weighted by molar-refractivity contribution is 7.99. The number of fused-ring (bicyclic) bond motifs is 1. The number of nitrogens with zero attached hydrogens (tertiary/aromatic N) is 4. The maximum absolute atomic E-state index is 12.4. The van der Waals surface area contributed by atoms with Gasteiger partial charge in [-0.05, 0) is 37.5 Å². The molecule has 0 fully saturated rings. The molecule has 0 radical (unpaired) electrons. The molecule has 6 nitrogen and oxygen atoms in total. The summed E-state index contributed by atoms with van der Waals surface area (Å²) in [5.74, 6) is 1.38. The van der Waals surface area contributed by atoms with Crippen LogP contribution in [0.4, 0.5) is 0 Å². The zero-order chi connectivity index (χ0) is 20.2. The maximum Gasteiger partial charge on any atom is 0.261 e. The molecule has 1 aliphatic rings. The number of aryl methyl sites for hydroxylation is 1. The normalized spacial score (nSPS) is 13.2. The maximum atomic E-state index is 12.4. The highest BCUT2D eigenvalue weighted by Gasteiger charge is 2.34. The molecule has 0 saturated carbocycles. The molecule has 148 valence electrons. The van der Waals surface area contributed by atoms with Crippen molar-refractivity contribution in [2.24, 2.45) is 0 Å². The first-order valence-electron chi connectivity index (χ1n) is 9.67. The fraction of sp³-hybridized carbons (Fsp3) is 0.273. The van der Waals surface area contributed by atoms with Crippen LogP contribution in [0.25, 0.3) is 0 Å². The summed E-state index contributed by atoms with van der Waals surface area (Å²) >= 11 is 1.66. The summed E-state index contributed by atoms with van der Waals surface area (Å²) in [6.07, 6.45) is 1.65. The summed E-state index contributed by atoms with van der Waals surface area (Å²) in [5, 5.41) is 9.40. The lowest BCUT2D eigenvalue weighted by Gasteiger charge is -2.13. The second-order valence-corrected chi connectivity index (χ2v) is 8.03. The highest BCUT2D eigenvalue weighted by atomic mass is 32.2. The molecule has 1 aromatic heterocycles. The first-order valence-corrected chi connectivity index (χ1v) is 10.7. The lowest BCUT2D eigenvalue weighted by Crippen LogP contribution is -2.30. The monoisotopic (exact) mass is 406 g/mol. The number of unbranched alkanes of at least 4 members (excludes halogenated alkanes) is 1. The van der Waals surface area contributed by atoms with Crippen molar-refractivity contribution in [3.05, 3.63) is 77.1 Å².